The second kappa shape index (κ2) is 21.1. The lowest BCUT2D eigenvalue weighted by Gasteiger charge is -2.34. The summed E-state index contributed by atoms with van der Waals surface area (Å²) in [5.41, 5.74) is 2.52. The van der Waals surface area contributed by atoms with Crippen molar-refractivity contribution in [2.24, 2.45) is 15.9 Å². The average molecular weight is 992 g/mol. The Balaban J connectivity index is 0.000000139. The lowest BCUT2D eigenvalue weighted by atomic mass is 9.94. The van der Waals surface area contributed by atoms with Crippen molar-refractivity contribution in [2.45, 2.75) is 12.8 Å². The van der Waals surface area contributed by atoms with E-state index in [9.17, 15) is 28.0 Å². The molecule has 0 saturated carbocycles. The number of ketones is 2. The molecule has 4 N–H and O–H groups in total. The number of aliphatic carboxylic acids is 1. The second-order valence-corrected chi connectivity index (χ2v) is 17.1. The van der Waals surface area contributed by atoms with E-state index in [-0.39, 0.29) is 50.5 Å². The minimum atomic E-state index is -1.66. The number of pyridine rings is 2. The predicted octanol–water partition coefficient (Wildman–Crippen LogP) is 3.94. The van der Waals surface area contributed by atoms with Crippen LogP contribution in [0.5, 0.6) is 0 Å². The van der Waals surface area contributed by atoms with E-state index in [1.807, 2.05) is 18.2 Å². The van der Waals surface area contributed by atoms with Crippen LogP contribution in [0.3, 0.4) is 0 Å². The molecule has 2 aromatic carbocycles. The van der Waals surface area contributed by atoms with E-state index < -0.39 is 35.1 Å². The van der Waals surface area contributed by atoms with Crippen molar-refractivity contribution >= 4 is 68.4 Å². The standard InChI is InChI=1S/C25H23FN8O2.C13H18N4.C11H6FN5O3/c26-19-15-29-24(34-13-9-30-31-34)21-20(19)18(14-28-21)22(35)25(36)32-10-6-16(7-11-32)23-27-8-12-33(23)17-4-2-1-3-5-17;1-2-4-12(5-3-1)17-11-8-15-13(17)16-9-6-14-7-10-16;12-6-4-14-10(17-2-1-15-16-17)8-7(6)5(3-13-8)9(18)11(19)20/h1-5,9,13-16,28H,6-8,10-12H2;1-5,14H,6-11H2;1-4,13H,(H,19,20). The number of carbonyl (C=O) groups is 4. The molecule has 10 heterocycles. The lowest BCUT2D eigenvalue weighted by Crippen LogP contribution is -2.51. The minimum absolute atomic E-state index is 0.0163. The summed E-state index contributed by atoms with van der Waals surface area (Å²) < 4.78 is 31.2. The quantitative estimate of drug-likeness (QED) is 0.118. The van der Waals surface area contributed by atoms with Crippen molar-refractivity contribution in [3.05, 3.63) is 133 Å². The minimum Gasteiger partial charge on any atom is -0.475 e. The number of carbonyl (C=O) groups excluding carboxylic acids is 3. The summed E-state index contributed by atoms with van der Waals surface area (Å²) in [4.78, 5) is 79.9. The van der Waals surface area contributed by atoms with Crippen LogP contribution in [-0.4, -0.2) is 166 Å². The number of amidine groups is 1. The van der Waals surface area contributed by atoms with Crippen LogP contribution in [0.4, 0.5) is 20.2 Å². The molecule has 73 heavy (non-hydrogen) atoms. The molecule has 0 bridgehead atoms. The molecule has 6 aromatic heterocycles. The number of Topliss-reactive ketones (excluding diaryl/α,β-unsaturated/α-hetero) is 2. The van der Waals surface area contributed by atoms with Gasteiger partial charge in [0.1, 0.15) is 5.84 Å². The number of anilines is 2. The highest BCUT2D eigenvalue weighted by Gasteiger charge is 2.35. The van der Waals surface area contributed by atoms with Gasteiger partial charge in [0.2, 0.25) is 5.96 Å². The second-order valence-electron chi connectivity index (χ2n) is 17.1. The maximum Gasteiger partial charge on any atom is 0.377 e. The molecule has 0 atom stereocenters. The smallest absolute Gasteiger partial charge is 0.377 e. The van der Waals surface area contributed by atoms with Crippen molar-refractivity contribution in [1.29, 1.82) is 0 Å². The number of nitrogens with zero attached hydrogens (tertiary/aromatic N) is 14. The van der Waals surface area contributed by atoms with Gasteiger partial charge in [-0.2, -0.15) is 0 Å². The summed E-state index contributed by atoms with van der Waals surface area (Å²) >= 11 is 0. The monoisotopic (exact) mass is 991 g/mol. The van der Waals surface area contributed by atoms with E-state index in [4.69, 9.17) is 10.1 Å². The summed E-state index contributed by atoms with van der Waals surface area (Å²) in [5, 5.41) is 26.9. The molecule has 0 radical (unpaired) electrons. The third kappa shape index (κ3) is 9.74. The number of guanidine groups is 1. The zero-order valence-corrected chi connectivity index (χ0v) is 39.1. The predicted molar refractivity (Wildman–Crippen MR) is 264 cm³/mol. The Morgan fingerprint density at radius 2 is 1.15 bits per heavy atom. The summed E-state index contributed by atoms with van der Waals surface area (Å²) in [5.74, 6) is -2.83. The number of benzene rings is 2. The first-order valence-corrected chi connectivity index (χ1v) is 23.5. The Morgan fingerprint density at radius 3 is 1.68 bits per heavy atom. The first-order valence-electron chi connectivity index (χ1n) is 23.5. The van der Waals surface area contributed by atoms with Gasteiger partial charge in [0.25, 0.3) is 17.5 Å². The SMILES string of the molecule is O=C(C(=O)N1CCC(C2=NCCN2c2ccccc2)CC1)c1c[nH]c2c(-n3ccnn3)ncc(F)c12.O=C(O)C(=O)c1c[nH]c2c(-n3ccnn3)ncc(F)c12.c1ccc(N2CCN=C2N2CCNCC2)cc1. The molecule has 1 amide bonds. The van der Waals surface area contributed by atoms with Crippen LogP contribution in [0, 0.1) is 17.6 Å². The number of para-hydroxylation sites is 2. The molecule has 24 heteroatoms. The molecule has 0 spiro atoms. The third-order valence-electron chi connectivity index (χ3n) is 12.8. The van der Waals surface area contributed by atoms with Crippen LogP contribution in [0.1, 0.15) is 33.6 Å². The number of hydrogen-bond acceptors (Lipinski definition) is 16. The molecular formula is C49H47F2N17O5. The van der Waals surface area contributed by atoms with E-state index in [2.05, 4.69) is 108 Å². The molecule has 0 aliphatic carbocycles. The van der Waals surface area contributed by atoms with E-state index in [1.165, 1.54) is 39.8 Å². The number of halogens is 2. The van der Waals surface area contributed by atoms with Crippen molar-refractivity contribution in [3.8, 4) is 11.6 Å². The largest absolute Gasteiger partial charge is 0.475 e. The normalized spacial score (nSPS) is 15.9. The van der Waals surface area contributed by atoms with Gasteiger partial charge in [-0.15, -0.1) is 10.2 Å². The molecule has 12 rings (SSSR count). The molecule has 2 fully saturated rings. The van der Waals surface area contributed by atoms with Crippen LogP contribution in [-0.2, 0) is 9.59 Å². The highest BCUT2D eigenvalue weighted by molar-refractivity contribution is 6.45. The van der Waals surface area contributed by atoms with Gasteiger partial charge >= 0.3 is 5.97 Å². The molecule has 4 aliphatic heterocycles. The van der Waals surface area contributed by atoms with Gasteiger partial charge in [-0.3, -0.25) is 24.4 Å². The molecule has 0 unspecified atom stereocenters. The number of nitrogens with one attached hydrogen (secondary N) is 3. The molecule has 8 aromatic rings. The summed E-state index contributed by atoms with van der Waals surface area (Å²) in [7, 11) is 0. The fourth-order valence-corrected chi connectivity index (χ4v) is 9.36. The van der Waals surface area contributed by atoms with Crippen LogP contribution in [0.15, 0.2) is 120 Å². The Morgan fingerprint density at radius 1 is 0.630 bits per heavy atom. The van der Waals surface area contributed by atoms with Gasteiger partial charge in [0.05, 0.1) is 83.2 Å². The maximum atomic E-state index is 14.7. The zero-order chi connectivity index (χ0) is 50.4. The van der Waals surface area contributed by atoms with Gasteiger partial charge in [-0.25, -0.2) is 32.9 Å². The van der Waals surface area contributed by atoms with Crippen LogP contribution < -0.4 is 15.1 Å². The fraction of sp³-hybridized carbons (Fsp3) is 0.265. The molecule has 22 nitrogen and oxygen atoms in total. The number of rotatable bonds is 9. The Hall–Kier alpha value is -9.06. The van der Waals surface area contributed by atoms with Crippen molar-refractivity contribution < 1.29 is 33.1 Å². The number of aliphatic imine (C=N–C) groups is 2. The van der Waals surface area contributed by atoms with Crippen molar-refractivity contribution in [2.75, 3.05) is 75.2 Å². The number of aromatic amines is 2. The fourth-order valence-electron chi connectivity index (χ4n) is 9.36. The number of carboxylic acid groups (broad SMARTS) is 1. The van der Waals surface area contributed by atoms with Gasteiger partial charge in [-0.05, 0) is 37.1 Å². The number of H-pyrrole nitrogens is 2. The van der Waals surface area contributed by atoms with Gasteiger partial charge in [0.15, 0.2) is 23.3 Å². The van der Waals surface area contributed by atoms with Crippen molar-refractivity contribution in [1.82, 2.24) is 65.0 Å². The summed E-state index contributed by atoms with van der Waals surface area (Å²) in [6.45, 7) is 8.61. The number of fused-ring (bicyclic) bond motifs is 2. The van der Waals surface area contributed by atoms with Crippen LogP contribution in [0.25, 0.3) is 33.4 Å². The van der Waals surface area contributed by atoms with E-state index >= 15 is 0 Å². The Bertz CT molecular complexity index is 3330. The average Bonchev–Trinajstić information content (AvgIpc) is 4.30. The van der Waals surface area contributed by atoms with Crippen LogP contribution >= 0.6 is 0 Å². The van der Waals surface area contributed by atoms with Gasteiger partial charge < -0.3 is 40.0 Å². The number of piperazine rings is 1. The van der Waals surface area contributed by atoms with E-state index in [1.54, 1.807) is 11.1 Å². The molecular weight excluding hydrogens is 945 g/mol. The Kier molecular flexibility index (Phi) is 13.8. The first kappa shape index (κ1) is 47.6. The van der Waals surface area contributed by atoms with E-state index in [0.29, 0.717) is 25.9 Å². The number of aromatic nitrogens is 10. The molecule has 4 aliphatic rings. The van der Waals surface area contributed by atoms with Crippen LogP contribution in [0.2, 0.25) is 0 Å². The van der Waals surface area contributed by atoms with Gasteiger partial charge in [0, 0.05) is 82.0 Å². The topological polar surface area (TPSA) is 257 Å². The Labute approximate surface area is 414 Å². The molecule has 372 valence electrons. The van der Waals surface area contributed by atoms with Gasteiger partial charge in [-0.1, -0.05) is 46.8 Å². The number of amides is 1. The number of piperidine rings is 1. The van der Waals surface area contributed by atoms with E-state index in [0.717, 1.165) is 88.4 Å². The number of likely N-dealkylation sites (tertiary alicyclic amines) is 1. The highest BCUT2D eigenvalue weighted by Crippen LogP contribution is 2.30. The highest BCUT2D eigenvalue weighted by atomic mass is 19.1. The summed E-state index contributed by atoms with van der Waals surface area (Å²) in [6, 6.07) is 20.7. The number of carboxylic acids is 1. The third-order valence-corrected chi connectivity index (χ3v) is 12.8. The number of hydrogen-bond donors (Lipinski definition) is 4. The zero-order valence-electron chi connectivity index (χ0n) is 39.1. The summed E-state index contributed by atoms with van der Waals surface area (Å²) in [6.07, 6.45) is 11.7. The molecule has 2 saturated heterocycles. The lowest BCUT2D eigenvalue weighted by molar-refractivity contribution is -0.131. The first-order chi connectivity index (χ1) is 35.7. The maximum absolute atomic E-state index is 14.7. The van der Waals surface area contributed by atoms with Crippen molar-refractivity contribution in [3.63, 3.8) is 0 Å².